The molecule has 1 aliphatic heterocycles. The van der Waals surface area contributed by atoms with Gasteiger partial charge in [0, 0.05) is 45.1 Å². The average Bonchev–Trinajstić information content (AvgIpc) is 3.04. The van der Waals surface area contributed by atoms with Crippen LogP contribution in [-0.2, 0) is 6.54 Å². The maximum absolute atomic E-state index is 8.92. The molecular weight excluding hydrogens is 268 g/mol. The second-order valence-electron chi connectivity index (χ2n) is 5.48. The summed E-state index contributed by atoms with van der Waals surface area (Å²) in [6.45, 7) is 8.00. The molecular formula is C14H26N6O. The van der Waals surface area contributed by atoms with Crippen molar-refractivity contribution in [2.75, 3.05) is 32.7 Å². The van der Waals surface area contributed by atoms with Crippen molar-refractivity contribution in [1.82, 2.24) is 19.6 Å². The molecule has 3 N–H and O–H groups in total. The maximum Gasteiger partial charge on any atom is 0.156 e. The van der Waals surface area contributed by atoms with E-state index >= 15 is 0 Å². The van der Waals surface area contributed by atoms with Gasteiger partial charge in [-0.3, -0.25) is 14.5 Å². The van der Waals surface area contributed by atoms with Gasteiger partial charge in [0.1, 0.15) is 0 Å². The van der Waals surface area contributed by atoms with E-state index in [9.17, 15) is 0 Å². The highest BCUT2D eigenvalue weighted by molar-refractivity contribution is 5.85. The topological polar surface area (TPSA) is 82.9 Å². The van der Waals surface area contributed by atoms with Crippen molar-refractivity contribution in [1.29, 1.82) is 0 Å². The van der Waals surface area contributed by atoms with Crippen LogP contribution in [0.2, 0.25) is 0 Å². The summed E-state index contributed by atoms with van der Waals surface area (Å²) >= 11 is 0. The summed E-state index contributed by atoms with van der Waals surface area (Å²) in [4.78, 5) is 4.76. The molecule has 118 valence electrons. The minimum Gasteiger partial charge on any atom is -0.409 e. The summed E-state index contributed by atoms with van der Waals surface area (Å²) in [7, 11) is 0. The lowest BCUT2D eigenvalue weighted by Gasteiger charge is -2.38. The Kier molecular flexibility index (Phi) is 6.01. The Morgan fingerprint density at radius 2 is 2.10 bits per heavy atom. The normalized spacial score (nSPS) is 19.8. The highest BCUT2D eigenvalue weighted by Crippen LogP contribution is 2.11. The van der Waals surface area contributed by atoms with E-state index in [4.69, 9.17) is 10.9 Å². The molecule has 1 aromatic heterocycles. The van der Waals surface area contributed by atoms with Crippen molar-refractivity contribution >= 4 is 5.84 Å². The summed E-state index contributed by atoms with van der Waals surface area (Å²) in [6, 6.07) is 2.01. The molecule has 1 aliphatic rings. The number of hydrogen-bond donors (Lipinski definition) is 2. The lowest BCUT2D eigenvalue weighted by molar-refractivity contribution is 0.109. The second kappa shape index (κ2) is 7.99. The summed E-state index contributed by atoms with van der Waals surface area (Å²) in [5, 5.41) is 16.3. The number of nitrogens with two attached hydrogens (primary N) is 1. The third kappa shape index (κ3) is 4.44. The first-order valence-electron chi connectivity index (χ1n) is 7.65. The highest BCUT2D eigenvalue weighted by atomic mass is 16.4. The molecule has 7 nitrogen and oxygen atoms in total. The van der Waals surface area contributed by atoms with Crippen LogP contribution in [0.15, 0.2) is 23.6 Å². The van der Waals surface area contributed by atoms with Gasteiger partial charge in [-0.25, -0.2) is 0 Å². The van der Waals surface area contributed by atoms with E-state index in [0.717, 1.165) is 52.1 Å². The lowest BCUT2D eigenvalue weighted by atomic mass is 10.1. The molecule has 0 bridgehead atoms. The molecule has 0 saturated carbocycles. The molecule has 0 aromatic carbocycles. The van der Waals surface area contributed by atoms with Crippen LogP contribution in [-0.4, -0.2) is 69.4 Å². The third-order valence-corrected chi connectivity index (χ3v) is 4.07. The van der Waals surface area contributed by atoms with E-state index in [1.807, 2.05) is 23.1 Å². The van der Waals surface area contributed by atoms with Crippen LogP contribution in [0.1, 0.15) is 19.8 Å². The molecule has 0 amide bonds. The van der Waals surface area contributed by atoms with Gasteiger partial charge in [-0.05, 0) is 12.5 Å². The Balaban J connectivity index is 1.78. The summed E-state index contributed by atoms with van der Waals surface area (Å²) in [6.07, 6.45) is 5.76. The van der Waals surface area contributed by atoms with Gasteiger partial charge in [0.2, 0.25) is 0 Å². The first-order chi connectivity index (χ1) is 10.2. The zero-order valence-corrected chi connectivity index (χ0v) is 12.7. The molecule has 0 spiro atoms. The van der Waals surface area contributed by atoms with Gasteiger partial charge < -0.3 is 10.9 Å². The third-order valence-electron chi connectivity index (χ3n) is 4.07. The first kappa shape index (κ1) is 15.8. The molecule has 0 aliphatic carbocycles. The van der Waals surface area contributed by atoms with E-state index in [2.05, 4.69) is 27.0 Å². The Bertz CT molecular complexity index is 425. The monoisotopic (exact) mass is 294 g/mol. The van der Waals surface area contributed by atoms with Crippen molar-refractivity contribution in [3.63, 3.8) is 0 Å². The molecule has 1 aromatic rings. The van der Waals surface area contributed by atoms with Crippen LogP contribution in [0.4, 0.5) is 0 Å². The summed E-state index contributed by atoms with van der Waals surface area (Å²) < 4.78 is 1.96. The molecule has 21 heavy (non-hydrogen) atoms. The fourth-order valence-electron chi connectivity index (χ4n) is 2.83. The van der Waals surface area contributed by atoms with Gasteiger partial charge in [0.05, 0.1) is 12.6 Å². The van der Waals surface area contributed by atoms with Gasteiger partial charge in [0.15, 0.2) is 5.84 Å². The van der Waals surface area contributed by atoms with E-state index < -0.39 is 0 Å². The second-order valence-corrected chi connectivity index (χ2v) is 5.48. The standard InChI is InChI=1S/C14H26N6O/c1-2-4-13(14(15)17-21)19-10-7-18(8-11-19)9-12-20-6-3-5-16-20/h3,5-6,13,21H,2,4,7-12H2,1H3,(H2,15,17). The van der Waals surface area contributed by atoms with E-state index in [-0.39, 0.29) is 6.04 Å². The van der Waals surface area contributed by atoms with Crippen LogP contribution < -0.4 is 5.73 Å². The smallest absolute Gasteiger partial charge is 0.156 e. The van der Waals surface area contributed by atoms with Crippen molar-refractivity contribution < 1.29 is 5.21 Å². The summed E-state index contributed by atoms with van der Waals surface area (Å²) in [5.74, 6) is 0.335. The Morgan fingerprint density at radius 1 is 1.33 bits per heavy atom. The van der Waals surface area contributed by atoms with Gasteiger partial charge in [-0.2, -0.15) is 5.10 Å². The molecule has 1 unspecified atom stereocenters. The summed E-state index contributed by atoms with van der Waals surface area (Å²) in [5.41, 5.74) is 5.82. The van der Waals surface area contributed by atoms with Gasteiger partial charge in [0.25, 0.3) is 0 Å². The number of aromatic nitrogens is 2. The number of oxime groups is 1. The molecule has 7 heteroatoms. The molecule has 0 radical (unpaired) electrons. The van der Waals surface area contributed by atoms with Crippen molar-refractivity contribution in [3.05, 3.63) is 18.5 Å². The van der Waals surface area contributed by atoms with Crippen molar-refractivity contribution in [2.45, 2.75) is 32.4 Å². The first-order valence-corrected chi connectivity index (χ1v) is 7.65. The largest absolute Gasteiger partial charge is 0.409 e. The Labute approximate surface area is 126 Å². The minimum atomic E-state index is 0.0632. The number of hydrogen-bond acceptors (Lipinski definition) is 5. The van der Waals surface area contributed by atoms with Gasteiger partial charge in [-0.1, -0.05) is 18.5 Å². The van der Waals surface area contributed by atoms with Crippen LogP contribution in [0, 0.1) is 0 Å². The number of rotatable bonds is 7. The van der Waals surface area contributed by atoms with Gasteiger partial charge in [-0.15, -0.1) is 0 Å². The predicted octanol–water partition coefficient (Wildman–Crippen LogP) is 0.416. The van der Waals surface area contributed by atoms with E-state index in [0.29, 0.717) is 5.84 Å². The zero-order chi connectivity index (χ0) is 15.1. The fourth-order valence-corrected chi connectivity index (χ4v) is 2.83. The van der Waals surface area contributed by atoms with Crippen LogP contribution in [0.3, 0.4) is 0 Å². The predicted molar refractivity (Wildman–Crippen MR) is 82.3 cm³/mol. The SMILES string of the molecule is CCCC(C(N)=NO)N1CCN(CCn2cccn2)CC1. The van der Waals surface area contributed by atoms with Gasteiger partial charge >= 0.3 is 0 Å². The molecule has 2 rings (SSSR count). The number of piperazine rings is 1. The molecule has 1 saturated heterocycles. The minimum absolute atomic E-state index is 0.0632. The Morgan fingerprint density at radius 3 is 2.67 bits per heavy atom. The average molecular weight is 294 g/mol. The zero-order valence-electron chi connectivity index (χ0n) is 12.7. The highest BCUT2D eigenvalue weighted by Gasteiger charge is 2.25. The fraction of sp³-hybridized carbons (Fsp3) is 0.714. The van der Waals surface area contributed by atoms with E-state index in [1.54, 1.807) is 0 Å². The maximum atomic E-state index is 8.92. The van der Waals surface area contributed by atoms with E-state index in [1.165, 1.54) is 0 Å². The van der Waals surface area contributed by atoms with Crippen LogP contribution in [0.25, 0.3) is 0 Å². The molecule has 1 atom stereocenters. The number of amidine groups is 1. The van der Waals surface area contributed by atoms with Crippen LogP contribution >= 0.6 is 0 Å². The Hall–Kier alpha value is -1.60. The van der Waals surface area contributed by atoms with Crippen LogP contribution in [0.5, 0.6) is 0 Å². The molecule has 1 fully saturated rings. The lowest BCUT2D eigenvalue weighted by Crippen LogP contribution is -2.54. The van der Waals surface area contributed by atoms with Crippen molar-refractivity contribution in [3.8, 4) is 0 Å². The number of nitrogens with zero attached hydrogens (tertiary/aromatic N) is 5. The van der Waals surface area contributed by atoms with Crippen molar-refractivity contribution in [2.24, 2.45) is 10.9 Å². The quantitative estimate of drug-likeness (QED) is 0.329. The molecule has 2 heterocycles.